The Morgan fingerprint density at radius 1 is 1.08 bits per heavy atom. The minimum absolute atomic E-state index is 0.0554. The summed E-state index contributed by atoms with van der Waals surface area (Å²) >= 11 is 3.13. The molecule has 6 nitrogen and oxygen atoms in total. The average Bonchev–Trinajstić information content (AvgIpc) is 3.41. The molecule has 8 heteroatoms. The van der Waals surface area contributed by atoms with E-state index in [0.29, 0.717) is 11.5 Å². The molecule has 0 fully saturated rings. The van der Waals surface area contributed by atoms with Gasteiger partial charge in [0.2, 0.25) is 5.82 Å². The number of benzene rings is 1. The van der Waals surface area contributed by atoms with Crippen molar-refractivity contribution in [1.82, 2.24) is 15.1 Å². The van der Waals surface area contributed by atoms with Crippen molar-refractivity contribution in [3.05, 3.63) is 64.1 Å². The van der Waals surface area contributed by atoms with E-state index in [1.165, 1.54) is 11.3 Å². The van der Waals surface area contributed by atoms with Crippen LogP contribution in [0.3, 0.4) is 0 Å². The maximum Gasteiger partial charge on any atom is 0.312 e. The van der Waals surface area contributed by atoms with Gasteiger partial charge in [-0.1, -0.05) is 35.5 Å². The topological polar surface area (TPSA) is 78.1 Å². The molecular formula is C18H13N3O3S2. The van der Waals surface area contributed by atoms with E-state index in [9.17, 15) is 4.79 Å². The van der Waals surface area contributed by atoms with Crippen LogP contribution in [-0.4, -0.2) is 21.1 Å². The smallest absolute Gasteiger partial charge is 0.312 e. The summed E-state index contributed by atoms with van der Waals surface area (Å²) in [6, 6.07) is 11.5. The second kappa shape index (κ2) is 7.59. The third-order valence-corrected chi connectivity index (χ3v) is 5.13. The van der Waals surface area contributed by atoms with Crippen LogP contribution in [0.4, 0.5) is 0 Å². The molecule has 0 aliphatic heterocycles. The fraction of sp³-hybridized carbons (Fsp3) is 0.111. The summed E-state index contributed by atoms with van der Waals surface area (Å²) in [4.78, 5) is 20.7. The Morgan fingerprint density at radius 3 is 2.77 bits per heavy atom. The number of esters is 1. The number of aromatic nitrogens is 3. The van der Waals surface area contributed by atoms with Gasteiger partial charge in [-0.3, -0.25) is 4.79 Å². The molecule has 0 spiro atoms. The fourth-order valence-corrected chi connectivity index (χ4v) is 3.80. The van der Waals surface area contributed by atoms with Crippen molar-refractivity contribution >= 4 is 28.6 Å². The first-order chi connectivity index (χ1) is 12.8. The van der Waals surface area contributed by atoms with E-state index in [4.69, 9.17) is 9.26 Å². The summed E-state index contributed by atoms with van der Waals surface area (Å²) in [6.45, 7) is -0.0554. The summed E-state index contributed by atoms with van der Waals surface area (Å²) in [5.74, 6) is 0.345. The molecule has 3 aromatic heterocycles. The summed E-state index contributed by atoms with van der Waals surface area (Å²) in [5.41, 5.74) is 2.60. The number of carbonyl (C=O) groups is 1. The van der Waals surface area contributed by atoms with Gasteiger partial charge in [0.25, 0.3) is 5.89 Å². The number of thiophene rings is 1. The fourth-order valence-electron chi connectivity index (χ4n) is 2.27. The number of nitrogens with zero attached hydrogens (tertiary/aromatic N) is 3. The van der Waals surface area contributed by atoms with Gasteiger partial charge in [-0.2, -0.15) is 16.3 Å². The molecule has 0 aliphatic rings. The Bertz CT molecular complexity index is 994. The highest BCUT2D eigenvalue weighted by Crippen LogP contribution is 2.26. The molecule has 0 unspecified atom stereocenters. The monoisotopic (exact) mass is 383 g/mol. The quantitative estimate of drug-likeness (QED) is 0.464. The number of rotatable bonds is 6. The van der Waals surface area contributed by atoms with E-state index in [0.717, 1.165) is 16.1 Å². The highest BCUT2D eigenvalue weighted by Gasteiger charge is 2.13. The van der Waals surface area contributed by atoms with Crippen LogP contribution in [0.15, 0.2) is 57.1 Å². The second-order valence-corrected chi connectivity index (χ2v) is 7.01. The normalized spacial score (nSPS) is 10.8. The van der Waals surface area contributed by atoms with Gasteiger partial charge in [0.15, 0.2) is 6.61 Å². The molecule has 3 heterocycles. The summed E-state index contributed by atoms with van der Waals surface area (Å²) in [5, 5.41) is 10.7. The van der Waals surface area contributed by atoms with Crippen molar-refractivity contribution < 1.29 is 14.1 Å². The lowest BCUT2D eigenvalue weighted by Crippen LogP contribution is -2.08. The Hall–Kier alpha value is -2.84. The van der Waals surface area contributed by atoms with Gasteiger partial charge < -0.3 is 9.26 Å². The van der Waals surface area contributed by atoms with Crippen LogP contribution in [0, 0.1) is 0 Å². The molecule has 0 N–H and O–H groups in total. The lowest BCUT2D eigenvalue weighted by atomic mass is 10.2. The van der Waals surface area contributed by atoms with Gasteiger partial charge in [-0.25, -0.2) is 4.98 Å². The van der Waals surface area contributed by atoms with Crippen LogP contribution in [0.1, 0.15) is 11.6 Å². The van der Waals surface area contributed by atoms with Gasteiger partial charge in [0, 0.05) is 21.9 Å². The summed E-state index contributed by atoms with van der Waals surface area (Å²) < 4.78 is 10.3. The maximum absolute atomic E-state index is 12.0. The minimum atomic E-state index is -0.383. The van der Waals surface area contributed by atoms with Gasteiger partial charge in [0.05, 0.1) is 12.1 Å². The summed E-state index contributed by atoms with van der Waals surface area (Å²) in [6.07, 6.45) is 0.111. The van der Waals surface area contributed by atoms with Gasteiger partial charge in [0.1, 0.15) is 5.01 Å². The van der Waals surface area contributed by atoms with Gasteiger partial charge in [-0.05, 0) is 11.4 Å². The molecule has 1 aromatic carbocycles. The zero-order chi connectivity index (χ0) is 17.8. The molecule has 0 bridgehead atoms. The molecule has 26 heavy (non-hydrogen) atoms. The van der Waals surface area contributed by atoms with Crippen molar-refractivity contribution in [2.45, 2.75) is 13.0 Å². The molecule has 0 atom stereocenters. The Labute approximate surface area is 157 Å². The first-order valence-corrected chi connectivity index (χ1v) is 9.61. The van der Waals surface area contributed by atoms with Crippen LogP contribution >= 0.6 is 22.7 Å². The first-order valence-electron chi connectivity index (χ1n) is 7.78. The van der Waals surface area contributed by atoms with E-state index in [-0.39, 0.29) is 24.9 Å². The van der Waals surface area contributed by atoms with Crippen molar-refractivity contribution in [1.29, 1.82) is 0 Å². The third kappa shape index (κ3) is 3.87. The van der Waals surface area contributed by atoms with Gasteiger partial charge >= 0.3 is 5.97 Å². The SMILES string of the molecule is O=C(Cc1csc(-c2ccsc2)n1)OCc1nc(-c2ccccc2)no1. The first kappa shape index (κ1) is 16.6. The Kier molecular flexibility index (Phi) is 4.85. The molecular weight excluding hydrogens is 370 g/mol. The lowest BCUT2D eigenvalue weighted by molar-refractivity contribution is -0.144. The van der Waals surface area contributed by atoms with Crippen LogP contribution in [-0.2, 0) is 22.6 Å². The lowest BCUT2D eigenvalue weighted by Gasteiger charge is -1.99. The molecule has 4 rings (SSSR count). The maximum atomic E-state index is 12.0. The highest BCUT2D eigenvalue weighted by molar-refractivity contribution is 7.14. The van der Waals surface area contributed by atoms with Crippen LogP contribution in [0.25, 0.3) is 22.0 Å². The molecule has 0 saturated carbocycles. The van der Waals surface area contributed by atoms with E-state index in [1.54, 1.807) is 11.3 Å². The number of hydrogen-bond acceptors (Lipinski definition) is 8. The molecule has 0 saturated heterocycles. The largest absolute Gasteiger partial charge is 0.455 e. The number of carbonyl (C=O) groups excluding carboxylic acids is 1. The number of ether oxygens (including phenoxy) is 1. The van der Waals surface area contributed by atoms with Gasteiger partial charge in [-0.15, -0.1) is 11.3 Å². The van der Waals surface area contributed by atoms with Crippen molar-refractivity contribution in [3.8, 4) is 22.0 Å². The molecule has 0 amide bonds. The molecule has 0 aliphatic carbocycles. The standard InChI is InChI=1S/C18H13N3O3S2/c22-16(8-14-11-26-18(19-14)13-6-7-25-10-13)23-9-15-20-17(21-24-15)12-4-2-1-3-5-12/h1-7,10-11H,8-9H2. The van der Waals surface area contributed by atoms with E-state index < -0.39 is 0 Å². The summed E-state index contributed by atoms with van der Waals surface area (Å²) in [7, 11) is 0. The predicted octanol–water partition coefficient (Wildman–Crippen LogP) is 4.21. The average molecular weight is 383 g/mol. The zero-order valence-corrected chi connectivity index (χ0v) is 15.1. The predicted molar refractivity (Wildman–Crippen MR) is 98.7 cm³/mol. The van der Waals surface area contributed by atoms with Crippen LogP contribution < -0.4 is 0 Å². The number of hydrogen-bond donors (Lipinski definition) is 0. The molecule has 130 valence electrons. The number of thiazole rings is 1. The molecule has 4 aromatic rings. The zero-order valence-electron chi connectivity index (χ0n) is 13.5. The Morgan fingerprint density at radius 2 is 1.96 bits per heavy atom. The van der Waals surface area contributed by atoms with Crippen molar-refractivity contribution in [2.24, 2.45) is 0 Å². The molecule has 0 radical (unpaired) electrons. The van der Waals surface area contributed by atoms with Crippen molar-refractivity contribution in [2.75, 3.05) is 0 Å². The second-order valence-electron chi connectivity index (χ2n) is 5.37. The van der Waals surface area contributed by atoms with E-state index >= 15 is 0 Å². The van der Waals surface area contributed by atoms with Crippen LogP contribution in [0.2, 0.25) is 0 Å². The van der Waals surface area contributed by atoms with Crippen molar-refractivity contribution in [3.63, 3.8) is 0 Å². The highest BCUT2D eigenvalue weighted by atomic mass is 32.1. The minimum Gasteiger partial charge on any atom is -0.455 e. The van der Waals surface area contributed by atoms with E-state index in [1.807, 2.05) is 52.5 Å². The van der Waals surface area contributed by atoms with E-state index in [2.05, 4.69) is 15.1 Å². The van der Waals surface area contributed by atoms with Crippen LogP contribution in [0.5, 0.6) is 0 Å². The Balaban J connectivity index is 1.32. The third-order valence-electron chi connectivity index (χ3n) is 3.50.